The molecule has 0 aromatic carbocycles. The quantitative estimate of drug-likeness (QED) is 0.333. The second-order valence-electron chi connectivity index (χ2n) is 4.10. The predicted molar refractivity (Wildman–Crippen MR) is 66.0 cm³/mol. The average Bonchev–Trinajstić information content (AvgIpc) is 2.21. The van der Waals surface area contributed by atoms with Crippen LogP contribution in [0.2, 0.25) is 0 Å². The van der Waals surface area contributed by atoms with Crippen molar-refractivity contribution in [2.24, 2.45) is 5.92 Å². The van der Waals surface area contributed by atoms with Crippen molar-refractivity contribution in [1.82, 2.24) is 0 Å². The van der Waals surface area contributed by atoms with Gasteiger partial charge in [0.25, 0.3) is 0 Å². The fraction of sp³-hybridized carbons (Fsp3) is 0.917. The van der Waals surface area contributed by atoms with Crippen LogP contribution in [0.1, 0.15) is 58.3 Å². The molecule has 0 bridgehead atoms. The number of carbonyl (C=O) groups is 1. The van der Waals surface area contributed by atoms with Gasteiger partial charge in [-0.25, -0.2) is 0 Å². The van der Waals surface area contributed by atoms with Gasteiger partial charge >= 0.3 is 0 Å². The molecule has 0 saturated carbocycles. The third-order valence-corrected chi connectivity index (χ3v) is 2.87. The Kier molecular flexibility index (Phi) is 11.1. The van der Waals surface area contributed by atoms with E-state index >= 15 is 0 Å². The summed E-state index contributed by atoms with van der Waals surface area (Å²) in [6.45, 7) is 2.00. The van der Waals surface area contributed by atoms with E-state index in [1.165, 1.54) is 44.9 Å². The first-order chi connectivity index (χ1) is 6.81. The van der Waals surface area contributed by atoms with Crippen LogP contribution in [-0.2, 0) is 4.79 Å². The molecule has 0 aliphatic heterocycles. The Bertz CT molecular complexity index is 125. The lowest BCUT2D eigenvalue weighted by Gasteiger charge is -2.03. The van der Waals surface area contributed by atoms with E-state index in [9.17, 15) is 4.79 Å². The summed E-state index contributed by atoms with van der Waals surface area (Å²) in [5, 5.41) is 0. The lowest BCUT2D eigenvalue weighted by atomic mass is 10.0. The van der Waals surface area contributed by atoms with Crippen LogP contribution in [0.3, 0.4) is 0 Å². The topological polar surface area (TPSA) is 17.1 Å². The highest BCUT2D eigenvalue weighted by molar-refractivity contribution is 7.80. The highest BCUT2D eigenvalue weighted by Crippen LogP contribution is 2.11. The molecule has 0 radical (unpaired) electrons. The highest BCUT2D eigenvalue weighted by Gasteiger charge is 1.98. The first-order valence-corrected chi connectivity index (χ1v) is 6.50. The summed E-state index contributed by atoms with van der Waals surface area (Å²) >= 11 is 4.18. The van der Waals surface area contributed by atoms with E-state index in [1.807, 2.05) is 6.92 Å². The van der Waals surface area contributed by atoms with E-state index in [2.05, 4.69) is 12.6 Å². The molecule has 0 saturated heterocycles. The molecule has 1 atom stereocenters. The number of aldehydes is 1. The standard InChI is InChI=1S/C12H24OS/c1-12(11-13)9-7-5-3-2-4-6-8-10-14/h11-12,14H,2-10H2,1H3. The summed E-state index contributed by atoms with van der Waals surface area (Å²) in [5.74, 6) is 1.29. The first-order valence-electron chi connectivity index (χ1n) is 5.87. The minimum absolute atomic E-state index is 0.263. The van der Waals surface area contributed by atoms with Crippen LogP contribution in [-0.4, -0.2) is 12.0 Å². The van der Waals surface area contributed by atoms with Crippen molar-refractivity contribution in [3.05, 3.63) is 0 Å². The molecule has 1 nitrogen and oxygen atoms in total. The maximum atomic E-state index is 10.3. The highest BCUT2D eigenvalue weighted by atomic mass is 32.1. The van der Waals surface area contributed by atoms with Gasteiger partial charge in [0, 0.05) is 5.92 Å². The van der Waals surface area contributed by atoms with Gasteiger partial charge in [0.2, 0.25) is 0 Å². The Hall–Kier alpha value is 0.0200. The molecule has 0 spiro atoms. The molecule has 0 aromatic heterocycles. The minimum atomic E-state index is 0.263. The van der Waals surface area contributed by atoms with E-state index in [1.54, 1.807) is 0 Å². The van der Waals surface area contributed by atoms with Crippen molar-refractivity contribution in [1.29, 1.82) is 0 Å². The molecule has 0 aliphatic rings. The third-order valence-electron chi connectivity index (χ3n) is 2.55. The maximum absolute atomic E-state index is 10.3. The van der Waals surface area contributed by atoms with Gasteiger partial charge < -0.3 is 4.79 Å². The molecule has 0 amide bonds. The molecule has 84 valence electrons. The van der Waals surface area contributed by atoms with Crippen LogP contribution in [0.4, 0.5) is 0 Å². The lowest BCUT2D eigenvalue weighted by molar-refractivity contribution is -0.110. The molecular formula is C12H24OS. The van der Waals surface area contributed by atoms with Gasteiger partial charge in [-0.1, -0.05) is 45.4 Å². The van der Waals surface area contributed by atoms with Gasteiger partial charge in [0.05, 0.1) is 0 Å². The monoisotopic (exact) mass is 216 g/mol. The summed E-state index contributed by atoms with van der Waals surface area (Å²) in [4.78, 5) is 10.3. The van der Waals surface area contributed by atoms with Crippen LogP contribution in [0, 0.1) is 5.92 Å². The fourth-order valence-electron chi connectivity index (χ4n) is 1.53. The molecule has 0 heterocycles. The number of unbranched alkanes of at least 4 members (excludes halogenated alkanes) is 6. The summed E-state index contributed by atoms with van der Waals surface area (Å²) in [5.41, 5.74) is 0. The Morgan fingerprint density at radius 3 is 2.00 bits per heavy atom. The van der Waals surface area contributed by atoms with Crippen LogP contribution in [0.15, 0.2) is 0 Å². The number of hydrogen-bond donors (Lipinski definition) is 1. The lowest BCUT2D eigenvalue weighted by Crippen LogP contribution is -1.94. The molecule has 0 aromatic rings. The van der Waals surface area contributed by atoms with Crippen LogP contribution >= 0.6 is 12.6 Å². The summed E-state index contributed by atoms with van der Waals surface area (Å²) in [7, 11) is 0. The van der Waals surface area contributed by atoms with Gasteiger partial charge in [-0.05, 0) is 18.6 Å². The SMILES string of the molecule is CC(C=O)CCCCCCCCCS. The number of carbonyl (C=O) groups excluding carboxylic acids is 1. The van der Waals surface area contributed by atoms with E-state index in [0.717, 1.165) is 18.5 Å². The molecule has 2 heteroatoms. The summed E-state index contributed by atoms with van der Waals surface area (Å²) in [6, 6.07) is 0. The largest absolute Gasteiger partial charge is 0.303 e. The zero-order valence-electron chi connectivity index (χ0n) is 9.37. The van der Waals surface area contributed by atoms with Gasteiger partial charge in [0.1, 0.15) is 6.29 Å². The van der Waals surface area contributed by atoms with E-state index in [0.29, 0.717) is 0 Å². The number of thiol groups is 1. The fourth-order valence-corrected chi connectivity index (χ4v) is 1.75. The van der Waals surface area contributed by atoms with Crippen molar-refractivity contribution in [2.45, 2.75) is 58.3 Å². The van der Waals surface area contributed by atoms with Crippen LogP contribution < -0.4 is 0 Å². The smallest absolute Gasteiger partial charge is 0.122 e. The Balaban J connectivity index is 2.95. The first kappa shape index (κ1) is 14.0. The van der Waals surface area contributed by atoms with Crippen molar-refractivity contribution < 1.29 is 4.79 Å². The number of rotatable bonds is 10. The van der Waals surface area contributed by atoms with Gasteiger partial charge in [-0.15, -0.1) is 0 Å². The van der Waals surface area contributed by atoms with Crippen molar-refractivity contribution >= 4 is 18.9 Å². The minimum Gasteiger partial charge on any atom is -0.303 e. The molecule has 1 unspecified atom stereocenters. The van der Waals surface area contributed by atoms with Crippen molar-refractivity contribution in [2.75, 3.05) is 5.75 Å². The molecule has 0 aliphatic carbocycles. The Labute approximate surface area is 94.1 Å². The molecule has 0 N–H and O–H groups in total. The van der Waals surface area contributed by atoms with Crippen LogP contribution in [0.25, 0.3) is 0 Å². The molecule has 14 heavy (non-hydrogen) atoms. The summed E-state index contributed by atoms with van der Waals surface area (Å²) in [6.07, 6.45) is 11.3. The molecule has 0 rings (SSSR count). The van der Waals surface area contributed by atoms with Gasteiger partial charge in [-0.3, -0.25) is 0 Å². The van der Waals surface area contributed by atoms with Gasteiger partial charge in [-0.2, -0.15) is 12.6 Å². The molecular weight excluding hydrogens is 192 g/mol. The van der Waals surface area contributed by atoms with E-state index < -0.39 is 0 Å². The summed E-state index contributed by atoms with van der Waals surface area (Å²) < 4.78 is 0. The second kappa shape index (κ2) is 11.1. The third kappa shape index (κ3) is 10.1. The Morgan fingerprint density at radius 1 is 1.00 bits per heavy atom. The zero-order chi connectivity index (χ0) is 10.6. The molecule has 0 fully saturated rings. The van der Waals surface area contributed by atoms with E-state index in [4.69, 9.17) is 0 Å². The predicted octanol–water partition coefficient (Wildman–Crippen LogP) is 3.87. The average molecular weight is 216 g/mol. The second-order valence-corrected chi connectivity index (χ2v) is 4.55. The van der Waals surface area contributed by atoms with Crippen LogP contribution in [0.5, 0.6) is 0 Å². The van der Waals surface area contributed by atoms with Crippen molar-refractivity contribution in [3.8, 4) is 0 Å². The van der Waals surface area contributed by atoms with E-state index in [-0.39, 0.29) is 5.92 Å². The Morgan fingerprint density at radius 2 is 1.50 bits per heavy atom. The van der Waals surface area contributed by atoms with Crippen molar-refractivity contribution in [3.63, 3.8) is 0 Å². The van der Waals surface area contributed by atoms with Gasteiger partial charge in [0.15, 0.2) is 0 Å². The zero-order valence-corrected chi connectivity index (χ0v) is 10.3. The maximum Gasteiger partial charge on any atom is 0.122 e. The normalized spacial score (nSPS) is 12.7. The number of hydrogen-bond acceptors (Lipinski definition) is 2.